The summed E-state index contributed by atoms with van der Waals surface area (Å²) in [5.74, 6) is 1.69. The van der Waals surface area contributed by atoms with Crippen molar-refractivity contribution in [3.05, 3.63) is 54.6 Å². The molecule has 2 aliphatic heterocycles. The number of piperidine rings is 1. The Balaban J connectivity index is 1.13. The number of aromatic nitrogens is 2. The van der Waals surface area contributed by atoms with Gasteiger partial charge in [-0.05, 0) is 49.2 Å². The molecule has 33 heavy (non-hydrogen) atoms. The third-order valence-corrected chi connectivity index (χ3v) is 6.59. The van der Waals surface area contributed by atoms with E-state index in [4.69, 9.17) is 9.26 Å². The summed E-state index contributed by atoms with van der Waals surface area (Å²) in [4.78, 5) is 24.1. The van der Waals surface area contributed by atoms with Gasteiger partial charge < -0.3 is 24.0 Å². The third-order valence-electron chi connectivity index (χ3n) is 6.59. The molecule has 1 aromatic heterocycles. The van der Waals surface area contributed by atoms with Gasteiger partial charge in [-0.3, -0.25) is 4.79 Å². The number of para-hydroxylation sites is 1. The molecular formula is C25H29N5O3. The summed E-state index contributed by atoms with van der Waals surface area (Å²) >= 11 is 0. The summed E-state index contributed by atoms with van der Waals surface area (Å²) in [5, 5.41) is 4.13. The van der Waals surface area contributed by atoms with Crippen molar-refractivity contribution in [1.82, 2.24) is 15.0 Å². The number of piperazine rings is 1. The zero-order valence-corrected chi connectivity index (χ0v) is 18.9. The zero-order valence-electron chi connectivity index (χ0n) is 18.9. The van der Waals surface area contributed by atoms with Gasteiger partial charge in [-0.25, -0.2) is 0 Å². The zero-order chi connectivity index (χ0) is 22.6. The molecular weight excluding hydrogens is 418 g/mol. The number of benzene rings is 2. The Morgan fingerprint density at radius 2 is 1.61 bits per heavy atom. The maximum atomic E-state index is 13.1. The predicted octanol–water partition coefficient (Wildman–Crippen LogP) is 3.31. The Hall–Kier alpha value is -3.55. The molecule has 2 aromatic carbocycles. The van der Waals surface area contributed by atoms with Crippen molar-refractivity contribution in [1.29, 1.82) is 0 Å². The lowest BCUT2D eigenvalue weighted by Crippen LogP contribution is -2.51. The van der Waals surface area contributed by atoms with Gasteiger partial charge in [0.1, 0.15) is 5.75 Å². The van der Waals surface area contributed by atoms with Crippen LogP contribution >= 0.6 is 0 Å². The second-order valence-corrected chi connectivity index (χ2v) is 8.54. The van der Waals surface area contributed by atoms with Gasteiger partial charge in [0.2, 0.25) is 11.7 Å². The number of anilines is 2. The Labute approximate surface area is 193 Å². The van der Waals surface area contributed by atoms with Gasteiger partial charge in [0.25, 0.3) is 0 Å². The van der Waals surface area contributed by atoms with E-state index >= 15 is 0 Å². The van der Waals surface area contributed by atoms with E-state index in [1.54, 1.807) is 7.11 Å². The molecule has 2 aliphatic rings. The van der Waals surface area contributed by atoms with Crippen LogP contribution in [-0.4, -0.2) is 67.3 Å². The van der Waals surface area contributed by atoms with Gasteiger partial charge in [0.15, 0.2) is 0 Å². The minimum atomic E-state index is 0.0634. The van der Waals surface area contributed by atoms with E-state index < -0.39 is 0 Å². The number of carbonyl (C=O) groups is 1. The molecule has 0 unspecified atom stereocenters. The number of amides is 1. The molecule has 0 bridgehead atoms. The Bertz CT molecular complexity index is 1050. The molecule has 0 radical (unpaired) electrons. The molecule has 0 N–H and O–H groups in total. The van der Waals surface area contributed by atoms with Crippen LogP contribution in [0.1, 0.15) is 12.8 Å². The first-order valence-corrected chi connectivity index (χ1v) is 11.5. The van der Waals surface area contributed by atoms with Crippen LogP contribution in [0.5, 0.6) is 5.75 Å². The van der Waals surface area contributed by atoms with Crippen molar-refractivity contribution in [3.8, 4) is 17.1 Å². The van der Waals surface area contributed by atoms with E-state index in [0.29, 0.717) is 11.8 Å². The van der Waals surface area contributed by atoms with Gasteiger partial charge in [-0.2, -0.15) is 4.98 Å². The van der Waals surface area contributed by atoms with Crippen LogP contribution in [0.15, 0.2) is 59.1 Å². The van der Waals surface area contributed by atoms with Gasteiger partial charge in [0.05, 0.1) is 7.11 Å². The van der Waals surface area contributed by atoms with Crippen LogP contribution in [0.3, 0.4) is 0 Å². The van der Waals surface area contributed by atoms with Crippen LogP contribution in [-0.2, 0) is 4.79 Å². The summed E-state index contributed by atoms with van der Waals surface area (Å²) in [6.45, 7) is 4.80. The molecule has 3 aromatic rings. The summed E-state index contributed by atoms with van der Waals surface area (Å²) < 4.78 is 10.7. The first kappa shape index (κ1) is 21.3. The van der Waals surface area contributed by atoms with Gasteiger partial charge >= 0.3 is 6.01 Å². The van der Waals surface area contributed by atoms with E-state index in [1.165, 1.54) is 5.69 Å². The van der Waals surface area contributed by atoms with Crippen molar-refractivity contribution >= 4 is 17.6 Å². The fourth-order valence-corrected chi connectivity index (χ4v) is 4.60. The van der Waals surface area contributed by atoms with E-state index in [0.717, 1.165) is 63.4 Å². The molecule has 8 heteroatoms. The SMILES string of the molecule is COc1ccc(-c2noc(N3CCC(C(=O)N4CCN(c5ccccc5)CC4)CC3)n2)cc1. The highest BCUT2D eigenvalue weighted by Gasteiger charge is 2.32. The molecule has 172 valence electrons. The van der Waals surface area contributed by atoms with E-state index in [1.807, 2.05) is 35.2 Å². The quantitative estimate of drug-likeness (QED) is 0.594. The van der Waals surface area contributed by atoms with Crippen LogP contribution in [0, 0.1) is 5.92 Å². The second kappa shape index (κ2) is 9.52. The number of rotatable bonds is 5. The minimum Gasteiger partial charge on any atom is -0.497 e. The number of nitrogens with zero attached hydrogens (tertiary/aromatic N) is 5. The highest BCUT2D eigenvalue weighted by molar-refractivity contribution is 5.79. The Morgan fingerprint density at radius 1 is 0.909 bits per heavy atom. The average Bonchev–Trinajstić information content (AvgIpc) is 3.39. The maximum absolute atomic E-state index is 13.1. The number of carbonyl (C=O) groups excluding carboxylic acids is 1. The number of methoxy groups -OCH3 is 1. The molecule has 8 nitrogen and oxygen atoms in total. The highest BCUT2D eigenvalue weighted by atomic mass is 16.5. The molecule has 3 heterocycles. The lowest BCUT2D eigenvalue weighted by atomic mass is 9.95. The minimum absolute atomic E-state index is 0.0634. The van der Waals surface area contributed by atoms with Crippen LogP contribution in [0.4, 0.5) is 11.7 Å². The Kier molecular flexibility index (Phi) is 6.15. The molecule has 1 amide bonds. The Morgan fingerprint density at radius 3 is 2.27 bits per heavy atom. The number of hydrogen-bond donors (Lipinski definition) is 0. The highest BCUT2D eigenvalue weighted by Crippen LogP contribution is 2.27. The fourth-order valence-electron chi connectivity index (χ4n) is 4.60. The monoisotopic (exact) mass is 447 g/mol. The molecule has 2 fully saturated rings. The summed E-state index contributed by atoms with van der Waals surface area (Å²) in [6, 6.07) is 18.5. The third kappa shape index (κ3) is 4.65. The van der Waals surface area contributed by atoms with Gasteiger partial charge in [0, 0.05) is 56.4 Å². The smallest absolute Gasteiger partial charge is 0.324 e. The summed E-state index contributed by atoms with van der Waals surface area (Å²) in [5.41, 5.74) is 2.11. The number of ether oxygens (including phenoxy) is 1. The molecule has 0 aliphatic carbocycles. The standard InChI is InChI=1S/C25H29N5O3/c1-32-22-9-7-19(8-10-22)23-26-25(33-27-23)30-13-11-20(12-14-30)24(31)29-17-15-28(16-18-29)21-5-3-2-4-6-21/h2-10,20H,11-18H2,1H3. The van der Waals surface area contributed by atoms with Crippen molar-refractivity contribution in [3.63, 3.8) is 0 Å². The lowest BCUT2D eigenvalue weighted by Gasteiger charge is -2.39. The van der Waals surface area contributed by atoms with E-state index in [2.05, 4.69) is 44.2 Å². The van der Waals surface area contributed by atoms with Crippen LogP contribution in [0.2, 0.25) is 0 Å². The summed E-state index contributed by atoms with van der Waals surface area (Å²) in [7, 11) is 1.64. The predicted molar refractivity (Wildman–Crippen MR) is 126 cm³/mol. The first-order chi connectivity index (χ1) is 16.2. The molecule has 0 saturated carbocycles. The lowest BCUT2D eigenvalue weighted by molar-refractivity contribution is -0.136. The topological polar surface area (TPSA) is 74.9 Å². The first-order valence-electron chi connectivity index (χ1n) is 11.5. The summed E-state index contributed by atoms with van der Waals surface area (Å²) in [6.07, 6.45) is 1.61. The largest absolute Gasteiger partial charge is 0.497 e. The van der Waals surface area contributed by atoms with Crippen molar-refractivity contribution in [2.45, 2.75) is 12.8 Å². The van der Waals surface area contributed by atoms with E-state index in [-0.39, 0.29) is 11.8 Å². The normalized spacial score (nSPS) is 17.3. The molecule has 5 rings (SSSR count). The second-order valence-electron chi connectivity index (χ2n) is 8.54. The van der Waals surface area contributed by atoms with E-state index in [9.17, 15) is 4.79 Å². The van der Waals surface area contributed by atoms with Gasteiger partial charge in [-0.15, -0.1) is 0 Å². The molecule has 0 atom stereocenters. The van der Waals surface area contributed by atoms with Crippen molar-refractivity contribution < 1.29 is 14.1 Å². The van der Waals surface area contributed by atoms with Crippen molar-refractivity contribution in [2.24, 2.45) is 5.92 Å². The maximum Gasteiger partial charge on any atom is 0.324 e. The van der Waals surface area contributed by atoms with Crippen LogP contribution in [0.25, 0.3) is 11.4 Å². The van der Waals surface area contributed by atoms with Crippen LogP contribution < -0.4 is 14.5 Å². The fraction of sp³-hybridized carbons (Fsp3) is 0.400. The molecule has 0 spiro atoms. The van der Waals surface area contributed by atoms with Gasteiger partial charge in [-0.1, -0.05) is 23.4 Å². The molecule has 2 saturated heterocycles. The number of hydrogen-bond acceptors (Lipinski definition) is 7. The van der Waals surface area contributed by atoms with Crippen molar-refractivity contribution in [2.75, 3.05) is 56.2 Å². The average molecular weight is 448 g/mol.